The van der Waals surface area contributed by atoms with E-state index in [4.69, 9.17) is 0 Å². The minimum absolute atomic E-state index is 0.486. The molecular weight excluding hydrogens is 244 g/mol. The Morgan fingerprint density at radius 2 is 1.55 bits per heavy atom. The predicted octanol–water partition coefficient (Wildman–Crippen LogP) is 3.52. The summed E-state index contributed by atoms with van der Waals surface area (Å²) in [6, 6.07) is 22.6. The van der Waals surface area contributed by atoms with E-state index in [-0.39, 0.29) is 0 Å². The number of hydrogen-bond acceptors (Lipinski definition) is 2. The van der Waals surface area contributed by atoms with E-state index in [0.717, 1.165) is 13.2 Å². The summed E-state index contributed by atoms with van der Waals surface area (Å²) in [5.41, 5.74) is 2.81. The fourth-order valence-electron chi connectivity index (χ4n) is 3.27. The Kier molecular flexibility index (Phi) is 3.86. The molecule has 3 rings (SSSR count). The third-order valence-electron chi connectivity index (χ3n) is 4.28. The van der Waals surface area contributed by atoms with E-state index in [9.17, 15) is 0 Å². The van der Waals surface area contributed by atoms with Gasteiger partial charge in [-0.15, -0.1) is 0 Å². The van der Waals surface area contributed by atoms with Crippen LogP contribution in [-0.2, 0) is 6.54 Å². The van der Waals surface area contributed by atoms with Crippen LogP contribution in [0.25, 0.3) is 0 Å². The SMILES string of the molecule is C[C@@H]1[C@H](c2ccccc2)N(C)CN1Cc1ccccc1. The van der Waals surface area contributed by atoms with Crippen molar-refractivity contribution >= 4 is 0 Å². The maximum Gasteiger partial charge on any atom is 0.0516 e. The molecule has 1 aliphatic heterocycles. The summed E-state index contributed by atoms with van der Waals surface area (Å²) in [6.07, 6.45) is 0. The molecule has 0 radical (unpaired) electrons. The van der Waals surface area contributed by atoms with Crippen LogP contribution in [0, 0.1) is 0 Å². The lowest BCUT2D eigenvalue weighted by atomic mass is 10.0. The molecule has 1 aliphatic rings. The molecule has 0 spiro atoms. The van der Waals surface area contributed by atoms with E-state index in [1.54, 1.807) is 0 Å². The highest BCUT2D eigenvalue weighted by atomic mass is 15.4. The average Bonchev–Trinajstić information content (AvgIpc) is 2.75. The van der Waals surface area contributed by atoms with E-state index in [1.807, 2.05) is 0 Å². The Bertz CT molecular complexity index is 538. The highest BCUT2D eigenvalue weighted by Crippen LogP contribution is 2.33. The zero-order chi connectivity index (χ0) is 13.9. The van der Waals surface area contributed by atoms with Crippen LogP contribution in [0.15, 0.2) is 60.7 Å². The Hall–Kier alpha value is -1.64. The van der Waals surface area contributed by atoms with Gasteiger partial charge in [-0.25, -0.2) is 0 Å². The maximum atomic E-state index is 2.55. The number of nitrogens with zero attached hydrogens (tertiary/aromatic N) is 2. The van der Waals surface area contributed by atoms with Gasteiger partial charge in [0.15, 0.2) is 0 Å². The Balaban J connectivity index is 1.77. The molecule has 2 heteroatoms. The maximum absolute atomic E-state index is 2.55. The highest BCUT2D eigenvalue weighted by Gasteiger charge is 2.35. The lowest BCUT2D eigenvalue weighted by Crippen LogP contribution is -2.28. The molecule has 20 heavy (non-hydrogen) atoms. The molecule has 0 unspecified atom stereocenters. The van der Waals surface area contributed by atoms with Crippen LogP contribution in [-0.4, -0.2) is 29.6 Å². The third kappa shape index (κ3) is 2.62. The second kappa shape index (κ2) is 5.78. The Morgan fingerprint density at radius 3 is 2.20 bits per heavy atom. The minimum atomic E-state index is 0.486. The van der Waals surface area contributed by atoms with Gasteiger partial charge in [0.25, 0.3) is 0 Å². The summed E-state index contributed by atoms with van der Waals surface area (Å²) in [4.78, 5) is 5.00. The first-order valence-electron chi connectivity index (χ1n) is 7.29. The molecule has 0 bridgehead atoms. The fourth-order valence-corrected chi connectivity index (χ4v) is 3.27. The molecule has 104 valence electrons. The fraction of sp³-hybridized carbons (Fsp3) is 0.333. The molecule has 2 nitrogen and oxygen atoms in total. The normalized spacial score (nSPS) is 24.1. The summed E-state index contributed by atoms with van der Waals surface area (Å²) in [7, 11) is 2.22. The summed E-state index contributed by atoms with van der Waals surface area (Å²) >= 11 is 0. The van der Waals surface area contributed by atoms with Crippen molar-refractivity contribution in [2.45, 2.75) is 25.6 Å². The van der Waals surface area contributed by atoms with Crippen molar-refractivity contribution in [3.63, 3.8) is 0 Å². The van der Waals surface area contributed by atoms with E-state index in [1.165, 1.54) is 11.1 Å². The van der Waals surface area contributed by atoms with Gasteiger partial charge in [-0.3, -0.25) is 9.80 Å². The van der Waals surface area contributed by atoms with E-state index < -0.39 is 0 Å². The number of benzene rings is 2. The van der Waals surface area contributed by atoms with Crippen molar-refractivity contribution in [3.8, 4) is 0 Å². The van der Waals surface area contributed by atoms with Crippen LogP contribution in [0.1, 0.15) is 24.1 Å². The summed E-state index contributed by atoms with van der Waals surface area (Å²) < 4.78 is 0. The van der Waals surface area contributed by atoms with E-state index in [0.29, 0.717) is 12.1 Å². The van der Waals surface area contributed by atoms with Crippen molar-refractivity contribution in [2.75, 3.05) is 13.7 Å². The molecule has 0 amide bonds. The van der Waals surface area contributed by atoms with Gasteiger partial charge in [-0.2, -0.15) is 0 Å². The van der Waals surface area contributed by atoms with Gasteiger partial charge in [0.1, 0.15) is 0 Å². The highest BCUT2D eigenvalue weighted by molar-refractivity contribution is 5.22. The van der Waals surface area contributed by atoms with Gasteiger partial charge in [-0.1, -0.05) is 60.7 Å². The first kappa shape index (κ1) is 13.3. The smallest absolute Gasteiger partial charge is 0.0516 e. The molecule has 1 heterocycles. The Morgan fingerprint density at radius 1 is 0.950 bits per heavy atom. The van der Waals surface area contributed by atoms with Crippen molar-refractivity contribution in [3.05, 3.63) is 71.8 Å². The summed E-state index contributed by atoms with van der Waals surface area (Å²) in [5, 5.41) is 0. The largest absolute Gasteiger partial charge is 0.285 e. The molecule has 2 aromatic carbocycles. The number of hydrogen-bond donors (Lipinski definition) is 0. The Labute approximate surface area is 121 Å². The number of likely N-dealkylation sites (N-methyl/N-ethyl adjacent to an activating group) is 1. The molecule has 0 N–H and O–H groups in total. The molecular formula is C18H22N2. The molecule has 0 aliphatic carbocycles. The van der Waals surface area contributed by atoms with E-state index >= 15 is 0 Å². The second-order valence-electron chi connectivity index (χ2n) is 5.73. The van der Waals surface area contributed by atoms with Crippen LogP contribution in [0.3, 0.4) is 0 Å². The molecule has 2 aromatic rings. The van der Waals surface area contributed by atoms with Crippen LogP contribution in [0.5, 0.6) is 0 Å². The quantitative estimate of drug-likeness (QED) is 0.838. The first-order valence-corrected chi connectivity index (χ1v) is 7.29. The standard InChI is InChI=1S/C18H22N2/c1-15-18(17-11-7-4-8-12-17)19(2)14-20(15)13-16-9-5-3-6-10-16/h3-12,15,18H,13-14H2,1-2H3/t15-,18-/m1/s1. The van der Waals surface area contributed by atoms with Gasteiger partial charge in [0, 0.05) is 12.6 Å². The van der Waals surface area contributed by atoms with Gasteiger partial charge in [-0.05, 0) is 25.1 Å². The zero-order valence-corrected chi connectivity index (χ0v) is 12.2. The van der Waals surface area contributed by atoms with Crippen molar-refractivity contribution < 1.29 is 0 Å². The van der Waals surface area contributed by atoms with Crippen molar-refractivity contribution in [2.24, 2.45) is 0 Å². The van der Waals surface area contributed by atoms with Crippen LogP contribution >= 0.6 is 0 Å². The third-order valence-corrected chi connectivity index (χ3v) is 4.28. The van der Waals surface area contributed by atoms with E-state index in [2.05, 4.69) is 84.4 Å². The monoisotopic (exact) mass is 266 g/mol. The molecule has 1 saturated heterocycles. The van der Waals surface area contributed by atoms with Crippen molar-refractivity contribution in [1.29, 1.82) is 0 Å². The predicted molar refractivity (Wildman–Crippen MR) is 83.3 cm³/mol. The molecule has 2 atom stereocenters. The molecule has 1 fully saturated rings. The van der Waals surface area contributed by atoms with Gasteiger partial charge >= 0.3 is 0 Å². The lowest BCUT2D eigenvalue weighted by Gasteiger charge is -2.24. The second-order valence-corrected chi connectivity index (χ2v) is 5.73. The van der Waals surface area contributed by atoms with Crippen LogP contribution < -0.4 is 0 Å². The topological polar surface area (TPSA) is 6.48 Å². The van der Waals surface area contributed by atoms with Crippen molar-refractivity contribution in [1.82, 2.24) is 9.80 Å². The minimum Gasteiger partial charge on any atom is -0.285 e. The van der Waals surface area contributed by atoms with Crippen LogP contribution in [0.2, 0.25) is 0 Å². The van der Waals surface area contributed by atoms with Crippen LogP contribution in [0.4, 0.5) is 0 Å². The van der Waals surface area contributed by atoms with Gasteiger partial charge in [0.05, 0.1) is 12.7 Å². The summed E-state index contributed by atoms with van der Waals surface area (Å²) in [6.45, 7) is 4.38. The van der Waals surface area contributed by atoms with Gasteiger partial charge in [0.2, 0.25) is 0 Å². The van der Waals surface area contributed by atoms with Gasteiger partial charge < -0.3 is 0 Å². The lowest BCUT2D eigenvalue weighted by molar-refractivity contribution is 0.235. The first-order chi connectivity index (χ1) is 9.75. The zero-order valence-electron chi connectivity index (χ0n) is 12.2. The molecule has 0 saturated carbocycles. The molecule has 0 aromatic heterocycles. The number of rotatable bonds is 3. The average molecular weight is 266 g/mol. The summed E-state index contributed by atoms with van der Waals surface area (Å²) in [5.74, 6) is 0.